The first kappa shape index (κ1) is 22.2. The van der Waals surface area contributed by atoms with Crippen LogP contribution in [-0.2, 0) is 24.2 Å². The molecule has 0 atom stereocenters. The molecular weight excluding hydrogens is 419 g/mol. The summed E-state index contributed by atoms with van der Waals surface area (Å²) in [5.74, 6) is -0.670. The Morgan fingerprint density at radius 2 is 1.85 bits per heavy atom. The highest BCUT2D eigenvalue weighted by Crippen LogP contribution is 2.24. The lowest BCUT2D eigenvalue weighted by molar-refractivity contribution is -0.115. The van der Waals surface area contributed by atoms with Gasteiger partial charge in [0, 0.05) is 48.0 Å². The summed E-state index contributed by atoms with van der Waals surface area (Å²) in [5, 5.41) is 6.71. The minimum absolute atomic E-state index is 0.147. The third-order valence-electron chi connectivity index (χ3n) is 5.40. The second-order valence-corrected chi connectivity index (χ2v) is 7.73. The van der Waals surface area contributed by atoms with Crippen LogP contribution in [0.25, 0.3) is 10.9 Å². The number of carbonyl (C=O) groups excluding carboxylic acids is 2. The van der Waals surface area contributed by atoms with Gasteiger partial charge in [-0.1, -0.05) is 18.2 Å². The second kappa shape index (κ2) is 10.1. The molecule has 0 bridgehead atoms. The third-order valence-corrected chi connectivity index (χ3v) is 5.40. The number of nitrogens with zero attached hydrogens (tertiary/aromatic N) is 2. The number of hydrogen-bond acceptors (Lipinski definition) is 3. The Balaban J connectivity index is 1.44. The fourth-order valence-electron chi connectivity index (χ4n) is 3.81. The fraction of sp³-hybridized carbons (Fsp3) is 0.192. The minimum atomic E-state index is -0.332. The maximum absolute atomic E-state index is 13.1. The van der Waals surface area contributed by atoms with Gasteiger partial charge in [-0.3, -0.25) is 14.6 Å². The number of benzene rings is 2. The molecule has 0 saturated carbocycles. The van der Waals surface area contributed by atoms with E-state index in [1.165, 1.54) is 12.1 Å². The van der Waals surface area contributed by atoms with Gasteiger partial charge in [-0.05, 0) is 61.0 Å². The number of pyridine rings is 1. The molecule has 2 N–H and O–H groups in total. The number of nitrogens with one attached hydrogen (secondary N) is 2. The second-order valence-electron chi connectivity index (χ2n) is 7.73. The lowest BCUT2D eigenvalue weighted by Gasteiger charge is -2.09. The predicted molar refractivity (Wildman–Crippen MR) is 127 cm³/mol. The third kappa shape index (κ3) is 5.44. The van der Waals surface area contributed by atoms with Crippen LogP contribution in [0.3, 0.4) is 0 Å². The van der Waals surface area contributed by atoms with Crippen molar-refractivity contribution in [3.63, 3.8) is 0 Å². The number of anilines is 1. The first-order chi connectivity index (χ1) is 16.0. The molecule has 0 aliphatic heterocycles. The molecule has 2 aromatic heterocycles. The van der Waals surface area contributed by atoms with E-state index in [1.54, 1.807) is 18.3 Å². The average Bonchev–Trinajstić information content (AvgIpc) is 3.19. The Kier molecular flexibility index (Phi) is 6.78. The lowest BCUT2D eigenvalue weighted by atomic mass is 10.1. The van der Waals surface area contributed by atoms with Gasteiger partial charge in [-0.15, -0.1) is 0 Å². The molecule has 4 rings (SSSR count). The van der Waals surface area contributed by atoms with Crippen LogP contribution in [-0.4, -0.2) is 27.9 Å². The van der Waals surface area contributed by atoms with Crippen molar-refractivity contribution < 1.29 is 14.0 Å². The van der Waals surface area contributed by atoms with Gasteiger partial charge < -0.3 is 15.2 Å². The van der Waals surface area contributed by atoms with E-state index < -0.39 is 0 Å². The van der Waals surface area contributed by atoms with Gasteiger partial charge in [-0.2, -0.15) is 0 Å². The summed E-state index contributed by atoms with van der Waals surface area (Å²) in [7, 11) is 0. The first-order valence-electron chi connectivity index (χ1n) is 10.9. The molecule has 0 aliphatic rings. The zero-order chi connectivity index (χ0) is 23.2. The number of hydrogen-bond donors (Lipinski definition) is 2. The Bertz CT molecular complexity index is 1270. The summed E-state index contributed by atoms with van der Waals surface area (Å²) in [5.41, 5.74) is 3.80. The van der Waals surface area contributed by atoms with Crippen molar-refractivity contribution in [2.45, 2.75) is 26.3 Å². The Morgan fingerprint density at radius 3 is 2.58 bits per heavy atom. The van der Waals surface area contributed by atoms with Crippen molar-refractivity contribution in [3.05, 3.63) is 95.7 Å². The molecule has 0 radical (unpaired) electrons. The highest BCUT2D eigenvalue weighted by Gasteiger charge is 2.15. The molecule has 4 aromatic rings. The molecule has 0 aliphatic carbocycles. The topological polar surface area (TPSA) is 76.0 Å². The van der Waals surface area contributed by atoms with Crippen LogP contribution in [0.2, 0.25) is 0 Å². The number of carbonyl (C=O) groups is 2. The van der Waals surface area contributed by atoms with Crippen molar-refractivity contribution in [2.75, 3.05) is 11.9 Å². The highest BCUT2D eigenvalue weighted by atomic mass is 19.1. The van der Waals surface area contributed by atoms with E-state index in [-0.39, 0.29) is 24.1 Å². The van der Waals surface area contributed by atoms with Gasteiger partial charge in [-0.25, -0.2) is 4.39 Å². The average molecular weight is 445 g/mol. The van der Waals surface area contributed by atoms with Crippen molar-refractivity contribution in [1.82, 2.24) is 14.9 Å². The van der Waals surface area contributed by atoms with Crippen molar-refractivity contribution in [2.24, 2.45) is 0 Å². The summed E-state index contributed by atoms with van der Waals surface area (Å²) in [6.07, 6.45) is 2.55. The molecule has 0 saturated heterocycles. The fourth-order valence-corrected chi connectivity index (χ4v) is 3.81. The van der Waals surface area contributed by atoms with E-state index in [1.807, 2.05) is 54.0 Å². The number of fused-ring (bicyclic) bond motifs is 1. The highest BCUT2D eigenvalue weighted by molar-refractivity contribution is 6.00. The molecule has 0 fully saturated rings. The molecule has 0 unspecified atom stereocenters. The van der Waals surface area contributed by atoms with Gasteiger partial charge in [0.05, 0.1) is 6.42 Å². The Labute approximate surface area is 191 Å². The van der Waals surface area contributed by atoms with Crippen LogP contribution >= 0.6 is 0 Å². The Morgan fingerprint density at radius 1 is 1.03 bits per heavy atom. The lowest BCUT2D eigenvalue weighted by Crippen LogP contribution is -2.27. The van der Waals surface area contributed by atoms with Gasteiger partial charge in [0.25, 0.3) is 5.91 Å². The molecule has 7 heteroatoms. The summed E-state index contributed by atoms with van der Waals surface area (Å²) in [4.78, 5) is 29.5. The first-order valence-corrected chi connectivity index (χ1v) is 10.9. The number of amides is 2. The van der Waals surface area contributed by atoms with Crippen LogP contribution in [0.4, 0.5) is 10.1 Å². The summed E-state index contributed by atoms with van der Waals surface area (Å²) < 4.78 is 15.0. The summed E-state index contributed by atoms with van der Waals surface area (Å²) >= 11 is 0. The van der Waals surface area contributed by atoms with E-state index in [2.05, 4.69) is 15.6 Å². The number of halogens is 1. The van der Waals surface area contributed by atoms with Crippen LogP contribution in [0.15, 0.2) is 72.9 Å². The molecule has 2 heterocycles. The smallest absolute Gasteiger partial charge is 0.267 e. The van der Waals surface area contributed by atoms with Gasteiger partial charge in [0.15, 0.2) is 0 Å². The van der Waals surface area contributed by atoms with Crippen LogP contribution in [0.5, 0.6) is 0 Å². The standard InChI is InChI=1S/C26H25FN4O2/c1-2-31-23-11-10-22(30-25(32)15-18-6-8-20(27)9-7-18)16-19(23)17-24(31)26(33)29-14-12-21-5-3-4-13-28-21/h3-11,13,16-17H,2,12,14-15H2,1H3,(H,29,33)(H,30,32). The van der Waals surface area contributed by atoms with E-state index in [9.17, 15) is 14.0 Å². The molecular formula is C26H25FN4O2. The van der Waals surface area contributed by atoms with Crippen molar-refractivity contribution in [3.8, 4) is 0 Å². The molecule has 33 heavy (non-hydrogen) atoms. The molecule has 168 valence electrons. The molecule has 2 amide bonds. The summed E-state index contributed by atoms with van der Waals surface area (Å²) in [6, 6.07) is 19.0. The van der Waals surface area contributed by atoms with Crippen molar-refractivity contribution >= 4 is 28.4 Å². The van der Waals surface area contributed by atoms with Crippen LogP contribution < -0.4 is 10.6 Å². The number of aryl methyl sites for hydroxylation is 1. The number of aromatic nitrogens is 2. The van der Waals surface area contributed by atoms with E-state index >= 15 is 0 Å². The summed E-state index contributed by atoms with van der Waals surface area (Å²) in [6.45, 7) is 3.12. The van der Waals surface area contributed by atoms with Crippen LogP contribution in [0.1, 0.15) is 28.7 Å². The van der Waals surface area contributed by atoms with Crippen LogP contribution in [0, 0.1) is 5.82 Å². The molecule has 2 aromatic carbocycles. The molecule has 6 nitrogen and oxygen atoms in total. The minimum Gasteiger partial charge on any atom is -0.350 e. The Hall–Kier alpha value is -4.00. The monoisotopic (exact) mass is 444 g/mol. The largest absolute Gasteiger partial charge is 0.350 e. The van der Waals surface area contributed by atoms with Gasteiger partial charge in [0.1, 0.15) is 11.5 Å². The maximum Gasteiger partial charge on any atom is 0.267 e. The quantitative estimate of drug-likeness (QED) is 0.424. The number of rotatable bonds is 8. The SMILES string of the molecule is CCn1c(C(=O)NCCc2ccccn2)cc2cc(NC(=O)Cc3ccc(F)cc3)ccc21. The van der Waals surface area contributed by atoms with E-state index in [0.717, 1.165) is 22.2 Å². The van der Waals surface area contributed by atoms with E-state index in [4.69, 9.17) is 0 Å². The van der Waals surface area contributed by atoms with E-state index in [0.29, 0.717) is 30.9 Å². The molecule has 0 spiro atoms. The van der Waals surface area contributed by atoms with Crippen molar-refractivity contribution in [1.29, 1.82) is 0 Å². The van der Waals surface area contributed by atoms with Gasteiger partial charge in [0.2, 0.25) is 5.91 Å². The zero-order valence-corrected chi connectivity index (χ0v) is 18.3. The normalized spacial score (nSPS) is 10.8. The maximum atomic E-state index is 13.1. The predicted octanol–water partition coefficient (Wildman–Crippen LogP) is 4.35. The van der Waals surface area contributed by atoms with Gasteiger partial charge >= 0.3 is 0 Å². The zero-order valence-electron chi connectivity index (χ0n) is 18.3.